The van der Waals surface area contributed by atoms with Crippen LogP contribution in [0.1, 0.15) is 30.9 Å². The van der Waals surface area contributed by atoms with Crippen LogP contribution in [0.2, 0.25) is 0 Å². The smallest absolute Gasteiger partial charge is 0.416 e. The molecule has 1 N–H and O–H groups in total. The van der Waals surface area contributed by atoms with Gasteiger partial charge in [0.05, 0.1) is 24.6 Å². The van der Waals surface area contributed by atoms with Crippen LogP contribution in [0.25, 0.3) is 0 Å². The Morgan fingerprint density at radius 1 is 1.11 bits per heavy atom. The maximum atomic E-state index is 13.1. The number of hydrogen-bond acceptors (Lipinski definition) is 5. The van der Waals surface area contributed by atoms with E-state index in [1.54, 1.807) is 31.2 Å². The first-order valence-corrected chi connectivity index (χ1v) is 12.9. The van der Waals surface area contributed by atoms with E-state index in [0.29, 0.717) is 5.75 Å². The zero-order valence-electron chi connectivity index (χ0n) is 20.5. The third-order valence-corrected chi connectivity index (χ3v) is 6.73. The third kappa shape index (κ3) is 7.87. The van der Waals surface area contributed by atoms with Crippen LogP contribution in [-0.4, -0.2) is 58.1 Å². The van der Waals surface area contributed by atoms with Crippen LogP contribution in [0.3, 0.4) is 0 Å². The number of hydrogen-bond donors (Lipinski definition) is 1. The van der Waals surface area contributed by atoms with Gasteiger partial charge in [-0.25, -0.2) is 8.42 Å². The van der Waals surface area contributed by atoms with Crippen molar-refractivity contribution in [2.45, 2.75) is 38.5 Å². The molecule has 12 heteroatoms. The summed E-state index contributed by atoms with van der Waals surface area (Å²) < 4.78 is 69.9. The molecule has 0 heterocycles. The third-order valence-electron chi connectivity index (χ3n) is 5.54. The van der Waals surface area contributed by atoms with Crippen LogP contribution in [0, 0.1) is 0 Å². The minimum atomic E-state index is -4.63. The maximum Gasteiger partial charge on any atom is 0.416 e. The number of rotatable bonds is 11. The molecule has 0 spiro atoms. The fourth-order valence-electron chi connectivity index (χ4n) is 3.56. The molecule has 0 saturated heterocycles. The number of methoxy groups -OCH3 is 1. The average Bonchev–Trinajstić information content (AvgIpc) is 2.83. The summed E-state index contributed by atoms with van der Waals surface area (Å²) >= 11 is 0. The van der Waals surface area contributed by atoms with E-state index in [1.807, 2.05) is 0 Å². The number of likely N-dealkylation sites (N-methyl/N-ethyl adjacent to an activating group) is 1. The van der Waals surface area contributed by atoms with Gasteiger partial charge in [0.25, 0.3) is 0 Å². The SMILES string of the molecule is CNC(=O)[C@@H](C)N(Cc1ccc(OC)cc1)C(=O)CCCN(c1cccc(C(F)(F)F)c1)S(C)(=O)=O. The van der Waals surface area contributed by atoms with Gasteiger partial charge in [-0.3, -0.25) is 13.9 Å². The molecule has 0 radical (unpaired) electrons. The molecule has 0 bridgehead atoms. The highest BCUT2D eigenvalue weighted by molar-refractivity contribution is 7.92. The fraction of sp³-hybridized carbons (Fsp3) is 0.417. The largest absolute Gasteiger partial charge is 0.497 e. The first kappa shape index (κ1) is 29.0. The van der Waals surface area contributed by atoms with Crippen LogP contribution >= 0.6 is 0 Å². The van der Waals surface area contributed by atoms with Crippen LogP contribution in [0.4, 0.5) is 18.9 Å². The molecule has 0 aliphatic rings. The number of carbonyl (C=O) groups is 2. The Hall–Kier alpha value is -3.28. The number of carbonyl (C=O) groups excluding carboxylic acids is 2. The molecule has 0 unspecified atom stereocenters. The molecular weight excluding hydrogens is 499 g/mol. The molecular formula is C24H30F3N3O5S. The number of benzene rings is 2. The van der Waals surface area contributed by atoms with Gasteiger partial charge in [-0.1, -0.05) is 18.2 Å². The van der Waals surface area contributed by atoms with Crippen LogP contribution < -0.4 is 14.4 Å². The second-order valence-corrected chi connectivity index (χ2v) is 10.1. The second-order valence-electron chi connectivity index (χ2n) is 8.15. The molecule has 0 aliphatic heterocycles. The number of alkyl halides is 3. The predicted molar refractivity (Wildman–Crippen MR) is 130 cm³/mol. The Bertz CT molecular complexity index is 1150. The molecule has 0 fully saturated rings. The molecule has 2 amide bonds. The molecule has 36 heavy (non-hydrogen) atoms. The van der Waals surface area contributed by atoms with Gasteiger partial charge >= 0.3 is 6.18 Å². The number of nitrogens with zero attached hydrogens (tertiary/aromatic N) is 2. The molecule has 2 rings (SSSR count). The minimum Gasteiger partial charge on any atom is -0.497 e. The summed E-state index contributed by atoms with van der Waals surface area (Å²) in [5, 5.41) is 2.50. The number of anilines is 1. The Labute approximate surface area is 209 Å². The summed E-state index contributed by atoms with van der Waals surface area (Å²) in [7, 11) is -0.944. The standard InChI is InChI=1S/C24H30F3N3O5S/c1-17(23(32)28-2)29(16-18-10-12-21(35-3)13-11-18)22(31)9-6-14-30(36(4,33)34)20-8-5-7-19(15-20)24(25,26)27/h5,7-8,10-13,15,17H,6,9,14,16H2,1-4H3,(H,28,32)/t17-/m1/s1. The molecule has 2 aromatic rings. The second kappa shape index (κ2) is 12.1. The summed E-state index contributed by atoms with van der Waals surface area (Å²) in [4.78, 5) is 26.7. The lowest BCUT2D eigenvalue weighted by Gasteiger charge is -2.29. The van der Waals surface area contributed by atoms with Gasteiger partial charge < -0.3 is 15.0 Å². The molecule has 8 nitrogen and oxygen atoms in total. The van der Waals surface area contributed by atoms with E-state index in [1.165, 1.54) is 25.1 Å². The molecule has 0 aliphatic carbocycles. The van der Waals surface area contributed by atoms with Gasteiger partial charge in [-0.05, 0) is 49.2 Å². The van der Waals surface area contributed by atoms with Crippen molar-refractivity contribution >= 4 is 27.5 Å². The summed E-state index contributed by atoms with van der Waals surface area (Å²) in [6.45, 7) is 1.49. The Kier molecular flexibility index (Phi) is 9.74. The minimum absolute atomic E-state index is 0.0295. The first-order valence-electron chi connectivity index (χ1n) is 11.1. The van der Waals surface area contributed by atoms with Crippen molar-refractivity contribution in [3.8, 4) is 5.75 Å². The van der Waals surface area contributed by atoms with Crippen molar-refractivity contribution in [2.24, 2.45) is 0 Å². The van der Waals surface area contributed by atoms with E-state index in [-0.39, 0.29) is 37.5 Å². The lowest BCUT2D eigenvalue weighted by atomic mass is 10.1. The van der Waals surface area contributed by atoms with Crippen molar-refractivity contribution in [1.29, 1.82) is 0 Å². The van der Waals surface area contributed by atoms with Crippen molar-refractivity contribution in [2.75, 3.05) is 31.3 Å². The van der Waals surface area contributed by atoms with Gasteiger partial charge in [-0.15, -0.1) is 0 Å². The Morgan fingerprint density at radius 2 is 1.75 bits per heavy atom. The number of amides is 2. The highest BCUT2D eigenvalue weighted by Crippen LogP contribution is 2.32. The van der Waals surface area contributed by atoms with E-state index < -0.39 is 33.7 Å². The van der Waals surface area contributed by atoms with Gasteiger partial charge in [0, 0.05) is 26.6 Å². The van der Waals surface area contributed by atoms with Crippen molar-refractivity contribution in [3.05, 3.63) is 59.7 Å². The summed E-state index contributed by atoms with van der Waals surface area (Å²) in [6.07, 6.45) is -3.84. The number of nitrogens with one attached hydrogen (secondary N) is 1. The van der Waals surface area contributed by atoms with Crippen LogP contribution in [0.15, 0.2) is 48.5 Å². The molecule has 0 aromatic heterocycles. The van der Waals surface area contributed by atoms with Crippen LogP contribution in [0.5, 0.6) is 5.75 Å². The summed E-state index contributed by atoms with van der Waals surface area (Å²) in [6, 6.07) is 10.2. The van der Waals surface area contributed by atoms with Gasteiger partial charge in [-0.2, -0.15) is 13.2 Å². The molecule has 198 valence electrons. The monoisotopic (exact) mass is 529 g/mol. The highest BCUT2D eigenvalue weighted by Gasteiger charge is 2.32. The van der Waals surface area contributed by atoms with E-state index in [2.05, 4.69) is 5.32 Å². The molecule has 2 aromatic carbocycles. The van der Waals surface area contributed by atoms with E-state index in [9.17, 15) is 31.2 Å². The van der Waals surface area contributed by atoms with E-state index in [4.69, 9.17) is 4.74 Å². The predicted octanol–water partition coefficient (Wildman–Crippen LogP) is 3.42. The number of ether oxygens (including phenoxy) is 1. The normalized spacial score (nSPS) is 12.5. The molecule has 0 saturated carbocycles. The lowest BCUT2D eigenvalue weighted by molar-refractivity contribution is -0.140. The lowest BCUT2D eigenvalue weighted by Crippen LogP contribution is -2.46. The quantitative estimate of drug-likeness (QED) is 0.481. The highest BCUT2D eigenvalue weighted by atomic mass is 32.2. The maximum absolute atomic E-state index is 13.1. The zero-order chi connectivity index (χ0) is 27.1. The van der Waals surface area contributed by atoms with Gasteiger partial charge in [0.2, 0.25) is 21.8 Å². The van der Waals surface area contributed by atoms with Crippen molar-refractivity contribution < 1.29 is 35.9 Å². The summed E-state index contributed by atoms with van der Waals surface area (Å²) in [5.41, 5.74) is -0.370. The van der Waals surface area contributed by atoms with E-state index in [0.717, 1.165) is 34.3 Å². The summed E-state index contributed by atoms with van der Waals surface area (Å²) in [5.74, 6) is -0.149. The van der Waals surface area contributed by atoms with Crippen LogP contribution in [-0.2, 0) is 32.3 Å². The van der Waals surface area contributed by atoms with Crippen molar-refractivity contribution in [1.82, 2.24) is 10.2 Å². The number of halogens is 3. The molecule has 1 atom stereocenters. The van der Waals surface area contributed by atoms with E-state index >= 15 is 0 Å². The Balaban J connectivity index is 2.19. The zero-order valence-corrected chi connectivity index (χ0v) is 21.3. The topological polar surface area (TPSA) is 96.0 Å². The first-order chi connectivity index (χ1) is 16.8. The Morgan fingerprint density at radius 3 is 2.28 bits per heavy atom. The van der Waals surface area contributed by atoms with Gasteiger partial charge in [0.1, 0.15) is 11.8 Å². The van der Waals surface area contributed by atoms with Gasteiger partial charge in [0.15, 0.2) is 0 Å². The van der Waals surface area contributed by atoms with Crippen molar-refractivity contribution in [3.63, 3.8) is 0 Å². The number of sulfonamides is 1. The fourth-order valence-corrected chi connectivity index (χ4v) is 4.52. The average molecular weight is 530 g/mol.